The zero-order valence-electron chi connectivity index (χ0n) is 20.2. The number of hydrogen-bond donors (Lipinski definition) is 0. The number of likely N-dealkylation sites (tertiary alicyclic amines) is 2. The van der Waals surface area contributed by atoms with Crippen LogP contribution < -0.4 is 4.74 Å². The lowest BCUT2D eigenvalue weighted by Gasteiger charge is -2.34. The number of piperidine rings is 2. The summed E-state index contributed by atoms with van der Waals surface area (Å²) < 4.78 is 34.5. The maximum Gasteiger partial charge on any atom is 0.256 e. The number of amides is 1. The lowest BCUT2D eigenvalue weighted by molar-refractivity contribution is 0.0719. The largest absolute Gasteiger partial charge is 0.477 e. The highest BCUT2D eigenvalue weighted by Crippen LogP contribution is 2.25. The molecule has 1 aromatic heterocycles. The standard InChI is InChI=1S/C27H35F2N3O2/c1-27(2,29)19-31-14-10-20(11-15-31)18-34-25-9-7-22(17-30-25)21-6-8-23(24(28)16-21)26(33)32-12-4-3-5-13-32/h6-9,16-17,20H,3-5,10-15,18-19H2,1-2H3. The minimum absolute atomic E-state index is 0.125. The van der Waals surface area contributed by atoms with E-state index in [1.165, 1.54) is 6.07 Å². The van der Waals surface area contributed by atoms with Crippen LogP contribution in [0.25, 0.3) is 11.1 Å². The van der Waals surface area contributed by atoms with Gasteiger partial charge in [0.05, 0.1) is 12.2 Å². The summed E-state index contributed by atoms with van der Waals surface area (Å²) in [7, 11) is 0. The van der Waals surface area contributed by atoms with E-state index in [9.17, 15) is 13.6 Å². The summed E-state index contributed by atoms with van der Waals surface area (Å²) in [4.78, 5) is 20.9. The van der Waals surface area contributed by atoms with Crippen LogP contribution in [0.2, 0.25) is 0 Å². The van der Waals surface area contributed by atoms with Crippen LogP contribution >= 0.6 is 0 Å². The molecule has 1 amide bonds. The molecule has 0 unspecified atom stereocenters. The Morgan fingerprint density at radius 3 is 2.38 bits per heavy atom. The molecule has 0 bridgehead atoms. The summed E-state index contributed by atoms with van der Waals surface area (Å²) in [5, 5.41) is 0. The second-order valence-corrected chi connectivity index (χ2v) is 10.2. The van der Waals surface area contributed by atoms with E-state index >= 15 is 0 Å². The van der Waals surface area contributed by atoms with E-state index in [1.54, 1.807) is 43.1 Å². The second kappa shape index (κ2) is 10.8. The number of alkyl halides is 1. The first kappa shape index (κ1) is 24.6. The number of nitrogens with zero attached hydrogens (tertiary/aromatic N) is 3. The van der Waals surface area contributed by atoms with Gasteiger partial charge in [-0.15, -0.1) is 0 Å². The molecule has 7 heteroatoms. The third-order valence-electron chi connectivity index (χ3n) is 6.69. The van der Waals surface area contributed by atoms with Gasteiger partial charge in [0, 0.05) is 37.5 Å². The zero-order chi connectivity index (χ0) is 24.1. The number of aromatic nitrogens is 1. The summed E-state index contributed by atoms with van der Waals surface area (Å²) >= 11 is 0. The minimum Gasteiger partial charge on any atom is -0.477 e. The molecule has 184 valence electrons. The van der Waals surface area contributed by atoms with Crippen LogP contribution in [-0.4, -0.2) is 65.7 Å². The molecule has 0 spiro atoms. The minimum atomic E-state index is -1.17. The van der Waals surface area contributed by atoms with Gasteiger partial charge in [-0.05, 0) is 88.7 Å². The monoisotopic (exact) mass is 471 g/mol. The van der Waals surface area contributed by atoms with Crippen molar-refractivity contribution in [2.45, 2.75) is 51.6 Å². The molecule has 1 aromatic carbocycles. The summed E-state index contributed by atoms with van der Waals surface area (Å²) in [5.74, 6) is 0.230. The lowest BCUT2D eigenvalue weighted by atomic mass is 9.97. The maximum absolute atomic E-state index is 14.7. The summed E-state index contributed by atoms with van der Waals surface area (Å²) in [6, 6.07) is 8.39. The Labute approximate surface area is 201 Å². The fourth-order valence-corrected chi connectivity index (χ4v) is 4.82. The highest BCUT2D eigenvalue weighted by Gasteiger charge is 2.25. The van der Waals surface area contributed by atoms with Crippen molar-refractivity contribution in [3.63, 3.8) is 0 Å². The van der Waals surface area contributed by atoms with E-state index in [0.717, 1.165) is 50.8 Å². The highest BCUT2D eigenvalue weighted by molar-refractivity contribution is 5.95. The molecule has 0 N–H and O–H groups in total. The molecule has 5 nitrogen and oxygen atoms in total. The number of hydrogen-bond acceptors (Lipinski definition) is 4. The first-order valence-corrected chi connectivity index (χ1v) is 12.4. The van der Waals surface area contributed by atoms with Gasteiger partial charge in [-0.2, -0.15) is 0 Å². The normalized spacial score (nSPS) is 18.2. The van der Waals surface area contributed by atoms with Gasteiger partial charge in [-0.3, -0.25) is 4.79 Å². The fourth-order valence-electron chi connectivity index (χ4n) is 4.82. The van der Waals surface area contributed by atoms with Gasteiger partial charge < -0.3 is 14.5 Å². The van der Waals surface area contributed by atoms with Crippen molar-refractivity contribution in [1.82, 2.24) is 14.8 Å². The molecule has 3 heterocycles. The van der Waals surface area contributed by atoms with Crippen molar-refractivity contribution in [3.05, 3.63) is 47.9 Å². The van der Waals surface area contributed by atoms with E-state index in [4.69, 9.17) is 4.74 Å². The number of ether oxygens (including phenoxy) is 1. The molecular weight excluding hydrogens is 436 g/mol. The topological polar surface area (TPSA) is 45.7 Å². The molecule has 2 aromatic rings. The number of halogens is 2. The Morgan fingerprint density at radius 2 is 1.76 bits per heavy atom. The van der Waals surface area contributed by atoms with Crippen molar-refractivity contribution < 1.29 is 18.3 Å². The number of carbonyl (C=O) groups is 1. The number of benzene rings is 1. The summed E-state index contributed by atoms with van der Waals surface area (Å²) in [6.07, 6.45) is 6.70. The van der Waals surface area contributed by atoms with Crippen LogP contribution in [0.5, 0.6) is 5.88 Å². The van der Waals surface area contributed by atoms with Crippen molar-refractivity contribution >= 4 is 5.91 Å². The van der Waals surface area contributed by atoms with E-state index in [0.29, 0.717) is 43.6 Å². The first-order chi connectivity index (χ1) is 16.3. The van der Waals surface area contributed by atoms with Crippen LogP contribution in [0.1, 0.15) is 56.3 Å². The van der Waals surface area contributed by atoms with Gasteiger partial charge >= 0.3 is 0 Å². The second-order valence-electron chi connectivity index (χ2n) is 10.2. The average molecular weight is 472 g/mol. The Hall–Kier alpha value is -2.54. The quantitative estimate of drug-likeness (QED) is 0.546. The number of carbonyl (C=O) groups excluding carboxylic acids is 1. The SMILES string of the molecule is CC(C)(F)CN1CCC(COc2ccc(-c3ccc(C(=O)N4CCCCC4)c(F)c3)cn2)CC1. The van der Waals surface area contributed by atoms with Crippen LogP contribution in [0, 0.1) is 11.7 Å². The van der Waals surface area contributed by atoms with Crippen molar-refractivity contribution in [3.8, 4) is 17.0 Å². The number of pyridine rings is 1. The predicted molar refractivity (Wildman–Crippen MR) is 129 cm³/mol. The third kappa shape index (κ3) is 6.53. The van der Waals surface area contributed by atoms with E-state index in [2.05, 4.69) is 9.88 Å². The Bertz CT molecular complexity index is 961. The van der Waals surface area contributed by atoms with Gasteiger partial charge in [0.25, 0.3) is 5.91 Å². The van der Waals surface area contributed by atoms with Crippen LogP contribution in [0.15, 0.2) is 36.5 Å². The van der Waals surface area contributed by atoms with Gasteiger partial charge in [-0.1, -0.05) is 6.07 Å². The van der Waals surface area contributed by atoms with Crippen LogP contribution in [-0.2, 0) is 0 Å². The van der Waals surface area contributed by atoms with Crippen LogP contribution in [0.3, 0.4) is 0 Å². The maximum atomic E-state index is 14.7. The Morgan fingerprint density at radius 1 is 1.06 bits per heavy atom. The molecule has 2 saturated heterocycles. The van der Waals surface area contributed by atoms with E-state index in [-0.39, 0.29) is 11.5 Å². The fraction of sp³-hybridized carbons (Fsp3) is 0.556. The van der Waals surface area contributed by atoms with Gasteiger partial charge in [0.2, 0.25) is 5.88 Å². The van der Waals surface area contributed by atoms with Crippen molar-refractivity contribution in [1.29, 1.82) is 0 Å². The molecule has 0 saturated carbocycles. The molecule has 0 aliphatic carbocycles. The van der Waals surface area contributed by atoms with Gasteiger partial charge in [-0.25, -0.2) is 13.8 Å². The van der Waals surface area contributed by atoms with Gasteiger partial charge in [0.15, 0.2) is 0 Å². The van der Waals surface area contributed by atoms with Crippen molar-refractivity contribution in [2.75, 3.05) is 39.3 Å². The molecule has 2 aliphatic heterocycles. The zero-order valence-corrected chi connectivity index (χ0v) is 20.2. The summed E-state index contributed by atoms with van der Waals surface area (Å²) in [5.41, 5.74) is 0.404. The Balaban J connectivity index is 1.30. The predicted octanol–water partition coefficient (Wildman–Crippen LogP) is 5.35. The van der Waals surface area contributed by atoms with E-state index < -0.39 is 11.5 Å². The third-order valence-corrected chi connectivity index (χ3v) is 6.69. The summed E-state index contributed by atoms with van der Waals surface area (Å²) in [6.45, 7) is 7.45. The molecule has 0 atom stereocenters. The molecule has 2 fully saturated rings. The molecule has 34 heavy (non-hydrogen) atoms. The first-order valence-electron chi connectivity index (χ1n) is 12.4. The lowest BCUT2D eigenvalue weighted by Crippen LogP contribution is -2.41. The average Bonchev–Trinajstić information content (AvgIpc) is 2.83. The molecule has 2 aliphatic rings. The Kier molecular flexibility index (Phi) is 7.81. The smallest absolute Gasteiger partial charge is 0.256 e. The highest BCUT2D eigenvalue weighted by atomic mass is 19.1. The van der Waals surface area contributed by atoms with E-state index in [1.807, 2.05) is 6.07 Å². The molecule has 0 radical (unpaired) electrons. The number of rotatable bonds is 7. The molecule has 4 rings (SSSR count). The van der Waals surface area contributed by atoms with Crippen LogP contribution in [0.4, 0.5) is 8.78 Å². The van der Waals surface area contributed by atoms with Gasteiger partial charge in [0.1, 0.15) is 11.5 Å². The molecular formula is C27H35F2N3O2. The van der Waals surface area contributed by atoms with Crippen molar-refractivity contribution in [2.24, 2.45) is 5.92 Å².